The van der Waals surface area contributed by atoms with E-state index in [1.807, 2.05) is 24.3 Å². The molecule has 1 heterocycles. The highest BCUT2D eigenvalue weighted by Crippen LogP contribution is 2.34. The normalized spacial score (nSPS) is 16.6. The number of fused-ring (bicyclic) bond motifs is 1. The Kier molecular flexibility index (Phi) is 5.32. The minimum absolute atomic E-state index is 0.263. The predicted octanol–water partition coefficient (Wildman–Crippen LogP) is 3.13. The molecule has 0 saturated carbocycles. The van der Waals surface area contributed by atoms with E-state index in [2.05, 4.69) is 15.9 Å². The van der Waals surface area contributed by atoms with Crippen molar-refractivity contribution in [1.82, 2.24) is 4.90 Å². The first-order chi connectivity index (χ1) is 10.5. The fraction of sp³-hybridized carbons (Fsp3) is 0.267. The van der Waals surface area contributed by atoms with Crippen LogP contribution in [0.15, 0.2) is 41.1 Å². The molecule has 7 heteroatoms. The van der Waals surface area contributed by atoms with Gasteiger partial charge in [0, 0.05) is 27.9 Å². The van der Waals surface area contributed by atoms with Crippen molar-refractivity contribution in [3.05, 3.63) is 62.4 Å². The van der Waals surface area contributed by atoms with Crippen LogP contribution < -0.4 is 0 Å². The SMILES string of the molecule is CCOC(=O)/C=C/N1C=Cc2c(Br)cccc2C1C[N+](=O)[O-]. The number of esters is 1. The summed E-state index contributed by atoms with van der Waals surface area (Å²) in [6, 6.07) is 5.10. The van der Waals surface area contributed by atoms with Gasteiger partial charge in [-0.3, -0.25) is 10.1 Å². The van der Waals surface area contributed by atoms with Crippen molar-refractivity contribution >= 4 is 28.0 Å². The molecule has 0 bridgehead atoms. The Morgan fingerprint density at radius 1 is 1.55 bits per heavy atom. The summed E-state index contributed by atoms with van der Waals surface area (Å²) >= 11 is 3.45. The van der Waals surface area contributed by atoms with Gasteiger partial charge in [0.1, 0.15) is 6.04 Å². The summed E-state index contributed by atoms with van der Waals surface area (Å²) in [4.78, 5) is 23.7. The van der Waals surface area contributed by atoms with E-state index in [0.717, 1.165) is 15.6 Å². The standard InChI is InChI=1S/C15H15BrN2O4/c1-2-22-15(19)7-9-17-8-6-11-12(4-3-5-13(11)16)14(17)10-18(20)21/h3-9,14H,2,10H2,1H3/b9-7+. The first kappa shape index (κ1) is 16.2. The maximum atomic E-state index is 11.4. The Bertz CT molecular complexity index is 642. The van der Waals surface area contributed by atoms with E-state index < -0.39 is 12.0 Å². The topological polar surface area (TPSA) is 72.7 Å². The van der Waals surface area contributed by atoms with Gasteiger partial charge in [0.2, 0.25) is 6.54 Å². The van der Waals surface area contributed by atoms with Gasteiger partial charge in [0.05, 0.1) is 6.61 Å². The minimum Gasteiger partial charge on any atom is -0.463 e. The quantitative estimate of drug-likeness (QED) is 0.346. The molecular weight excluding hydrogens is 352 g/mol. The number of nitrogens with zero attached hydrogens (tertiary/aromatic N) is 2. The lowest BCUT2D eigenvalue weighted by Crippen LogP contribution is -2.28. The molecule has 0 N–H and O–H groups in total. The molecule has 0 aromatic heterocycles. The molecular formula is C15H15BrN2O4. The van der Waals surface area contributed by atoms with Crippen LogP contribution in [0.3, 0.4) is 0 Å². The number of carbonyl (C=O) groups excluding carboxylic acids is 1. The number of ether oxygens (including phenoxy) is 1. The Morgan fingerprint density at radius 2 is 2.32 bits per heavy atom. The predicted molar refractivity (Wildman–Crippen MR) is 85.4 cm³/mol. The Balaban J connectivity index is 2.31. The molecule has 1 aliphatic rings. The van der Waals surface area contributed by atoms with Crippen molar-refractivity contribution in [2.75, 3.05) is 13.2 Å². The summed E-state index contributed by atoms with van der Waals surface area (Å²) in [6.07, 6.45) is 6.35. The minimum atomic E-state index is -0.476. The molecule has 0 spiro atoms. The smallest absolute Gasteiger partial charge is 0.332 e. The number of rotatable bonds is 5. The van der Waals surface area contributed by atoms with Crippen LogP contribution in [0.4, 0.5) is 0 Å². The molecule has 0 saturated heterocycles. The van der Waals surface area contributed by atoms with Gasteiger partial charge in [-0.15, -0.1) is 0 Å². The summed E-state index contributed by atoms with van der Waals surface area (Å²) in [5, 5.41) is 11.0. The summed E-state index contributed by atoms with van der Waals surface area (Å²) in [6.45, 7) is 1.74. The fourth-order valence-electron chi connectivity index (χ4n) is 2.27. The van der Waals surface area contributed by atoms with E-state index in [4.69, 9.17) is 4.74 Å². The third kappa shape index (κ3) is 3.73. The monoisotopic (exact) mass is 366 g/mol. The molecule has 2 rings (SSSR count). The zero-order chi connectivity index (χ0) is 16.1. The van der Waals surface area contributed by atoms with Gasteiger partial charge in [-0.05, 0) is 30.2 Å². The van der Waals surface area contributed by atoms with Crippen molar-refractivity contribution < 1.29 is 14.5 Å². The number of carbonyl (C=O) groups is 1. The molecule has 0 amide bonds. The Hall–Kier alpha value is -2.15. The van der Waals surface area contributed by atoms with Gasteiger partial charge < -0.3 is 9.64 Å². The molecule has 1 aliphatic heterocycles. The van der Waals surface area contributed by atoms with Crippen LogP contribution in [0, 0.1) is 10.1 Å². The summed E-state index contributed by atoms with van der Waals surface area (Å²) < 4.78 is 5.70. The zero-order valence-electron chi connectivity index (χ0n) is 11.9. The maximum Gasteiger partial charge on any atom is 0.332 e. The number of hydrogen-bond acceptors (Lipinski definition) is 5. The van der Waals surface area contributed by atoms with Crippen LogP contribution >= 0.6 is 15.9 Å². The highest BCUT2D eigenvalue weighted by molar-refractivity contribution is 9.10. The Morgan fingerprint density at radius 3 is 3.00 bits per heavy atom. The number of hydrogen-bond donors (Lipinski definition) is 0. The molecule has 6 nitrogen and oxygen atoms in total. The van der Waals surface area contributed by atoms with Gasteiger partial charge in [-0.25, -0.2) is 4.79 Å². The van der Waals surface area contributed by atoms with Gasteiger partial charge in [-0.1, -0.05) is 28.1 Å². The second kappa shape index (κ2) is 7.22. The van der Waals surface area contributed by atoms with E-state index in [1.165, 1.54) is 12.3 Å². The molecule has 22 heavy (non-hydrogen) atoms. The summed E-state index contributed by atoms with van der Waals surface area (Å²) in [5.41, 5.74) is 1.75. The van der Waals surface area contributed by atoms with Crippen LogP contribution in [0.1, 0.15) is 24.1 Å². The number of halogens is 1. The third-order valence-electron chi connectivity index (χ3n) is 3.21. The van der Waals surface area contributed by atoms with Gasteiger partial charge in [0.15, 0.2) is 0 Å². The van der Waals surface area contributed by atoms with Crippen molar-refractivity contribution in [2.24, 2.45) is 0 Å². The van der Waals surface area contributed by atoms with E-state index in [0.29, 0.717) is 0 Å². The second-order valence-corrected chi connectivity index (χ2v) is 5.46. The summed E-state index contributed by atoms with van der Waals surface area (Å²) in [7, 11) is 0. The average Bonchev–Trinajstić information content (AvgIpc) is 2.47. The molecule has 1 atom stereocenters. The molecule has 116 valence electrons. The van der Waals surface area contributed by atoms with Crippen molar-refractivity contribution in [3.63, 3.8) is 0 Å². The lowest BCUT2D eigenvalue weighted by atomic mass is 9.96. The van der Waals surface area contributed by atoms with Crippen molar-refractivity contribution in [1.29, 1.82) is 0 Å². The fourth-order valence-corrected chi connectivity index (χ4v) is 2.78. The van der Waals surface area contributed by atoms with Crippen molar-refractivity contribution in [2.45, 2.75) is 13.0 Å². The second-order valence-electron chi connectivity index (χ2n) is 4.60. The van der Waals surface area contributed by atoms with Gasteiger partial charge in [0.25, 0.3) is 0 Å². The molecule has 0 fully saturated rings. The maximum absolute atomic E-state index is 11.4. The van der Waals surface area contributed by atoms with Gasteiger partial charge in [-0.2, -0.15) is 0 Å². The largest absolute Gasteiger partial charge is 0.463 e. The average molecular weight is 367 g/mol. The zero-order valence-corrected chi connectivity index (χ0v) is 13.5. The van der Waals surface area contributed by atoms with Crippen molar-refractivity contribution in [3.8, 4) is 0 Å². The lowest BCUT2D eigenvalue weighted by Gasteiger charge is -2.30. The summed E-state index contributed by atoms with van der Waals surface area (Å²) in [5.74, 6) is -0.476. The molecule has 0 aliphatic carbocycles. The third-order valence-corrected chi connectivity index (χ3v) is 3.90. The van der Waals surface area contributed by atoms with E-state index >= 15 is 0 Å². The molecule has 1 aromatic rings. The highest BCUT2D eigenvalue weighted by Gasteiger charge is 2.27. The first-order valence-corrected chi connectivity index (χ1v) is 7.53. The van der Waals surface area contributed by atoms with Crippen LogP contribution in [-0.4, -0.2) is 28.9 Å². The number of benzene rings is 1. The van der Waals surface area contributed by atoms with Gasteiger partial charge >= 0.3 is 5.97 Å². The molecule has 1 unspecified atom stereocenters. The van der Waals surface area contributed by atoms with Crippen LogP contribution in [0.2, 0.25) is 0 Å². The molecule has 1 aromatic carbocycles. The van der Waals surface area contributed by atoms with E-state index in [1.54, 1.807) is 18.0 Å². The lowest BCUT2D eigenvalue weighted by molar-refractivity contribution is -0.486. The molecule has 0 radical (unpaired) electrons. The van der Waals surface area contributed by atoms with Crippen LogP contribution in [-0.2, 0) is 9.53 Å². The van der Waals surface area contributed by atoms with Crippen LogP contribution in [0.5, 0.6) is 0 Å². The first-order valence-electron chi connectivity index (χ1n) is 6.73. The number of nitro groups is 1. The van der Waals surface area contributed by atoms with Crippen LogP contribution in [0.25, 0.3) is 6.08 Å². The Labute approximate surface area is 136 Å². The highest BCUT2D eigenvalue weighted by atomic mass is 79.9. The van der Waals surface area contributed by atoms with E-state index in [-0.39, 0.29) is 18.1 Å². The van der Waals surface area contributed by atoms with E-state index in [9.17, 15) is 14.9 Å².